The summed E-state index contributed by atoms with van der Waals surface area (Å²) in [6.45, 7) is 1.88. The van der Waals surface area contributed by atoms with Gasteiger partial charge in [-0.05, 0) is 36.8 Å². The van der Waals surface area contributed by atoms with Crippen LogP contribution in [0.15, 0.2) is 18.2 Å². The monoisotopic (exact) mass is 317 g/mol. The minimum atomic E-state index is 0.428. The van der Waals surface area contributed by atoms with Crippen molar-refractivity contribution < 1.29 is 0 Å². The van der Waals surface area contributed by atoms with Crippen molar-refractivity contribution in [2.45, 2.75) is 43.4 Å². The Labute approximate surface area is 130 Å². The number of rotatable bonds is 5. The maximum absolute atomic E-state index is 6.19. The average molecular weight is 318 g/mol. The maximum atomic E-state index is 6.19. The van der Waals surface area contributed by atoms with E-state index in [0.717, 1.165) is 23.7 Å². The Morgan fingerprint density at radius 2 is 1.95 bits per heavy atom. The molecule has 1 N–H and O–H groups in total. The molecule has 0 bridgehead atoms. The van der Waals surface area contributed by atoms with Crippen molar-refractivity contribution in [3.63, 3.8) is 0 Å². The van der Waals surface area contributed by atoms with E-state index in [2.05, 4.69) is 11.6 Å². The van der Waals surface area contributed by atoms with Gasteiger partial charge in [0.25, 0.3) is 0 Å². The molecule has 1 fully saturated rings. The first-order chi connectivity index (χ1) is 9.15. The van der Waals surface area contributed by atoms with E-state index < -0.39 is 0 Å². The SMILES string of the molecule is CSC1(CNCc2ccc(Cl)cc2Cl)CCCCC1. The fraction of sp³-hybridized carbons (Fsp3) is 0.600. The molecule has 0 aliphatic heterocycles. The lowest BCUT2D eigenvalue weighted by Crippen LogP contribution is -2.39. The Kier molecular flexibility index (Phi) is 5.88. The predicted molar refractivity (Wildman–Crippen MR) is 87.5 cm³/mol. The highest BCUT2D eigenvalue weighted by molar-refractivity contribution is 8.00. The van der Waals surface area contributed by atoms with Gasteiger partial charge in [0.15, 0.2) is 0 Å². The summed E-state index contributed by atoms with van der Waals surface area (Å²) in [6.07, 6.45) is 9.02. The average Bonchev–Trinajstić information content (AvgIpc) is 2.42. The van der Waals surface area contributed by atoms with Gasteiger partial charge in [-0.15, -0.1) is 0 Å². The minimum absolute atomic E-state index is 0.428. The molecule has 19 heavy (non-hydrogen) atoms. The van der Waals surface area contributed by atoms with Gasteiger partial charge in [-0.1, -0.05) is 48.5 Å². The highest BCUT2D eigenvalue weighted by Crippen LogP contribution is 2.38. The molecule has 1 aromatic rings. The zero-order valence-corrected chi connectivity index (χ0v) is 13.7. The summed E-state index contributed by atoms with van der Waals surface area (Å²) in [4.78, 5) is 0. The van der Waals surface area contributed by atoms with Crippen LogP contribution in [0.5, 0.6) is 0 Å². The van der Waals surface area contributed by atoms with Crippen molar-refractivity contribution in [1.29, 1.82) is 0 Å². The lowest BCUT2D eigenvalue weighted by Gasteiger charge is -2.36. The van der Waals surface area contributed by atoms with Crippen molar-refractivity contribution in [2.24, 2.45) is 0 Å². The number of halogens is 2. The van der Waals surface area contributed by atoms with Gasteiger partial charge in [-0.3, -0.25) is 0 Å². The third-order valence-corrected chi connectivity index (χ3v) is 5.98. The molecule has 106 valence electrons. The van der Waals surface area contributed by atoms with Gasteiger partial charge in [-0.25, -0.2) is 0 Å². The van der Waals surface area contributed by atoms with Gasteiger partial charge in [0, 0.05) is 27.9 Å². The number of thioether (sulfide) groups is 1. The Bertz CT molecular complexity index is 417. The summed E-state index contributed by atoms with van der Waals surface area (Å²) in [5, 5.41) is 5.02. The lowest BCUT2D eigenvalue weighted by atomic mass is 9.88. The van der Waals surface area contributed by atoms with Crippen LogP contribution in [-0.4, -0.2) is 17.5 Å². The van der Waals surface area contributed by atoms with E-state index in [9.17, 15) is 0 Å². The van der Waals surface area contributed by atoms with Crippen LogP contribution in [0, 0.1) is 0 Å². The van der Waals surface area contributed by atoms with Gasteiger partial charge < -0.3 is 5.32 Å². The second-order valence-electron chi connectivity index (χ2n) is 5.29. The largest absolute Gasteiger partial charge is 0.311 e. The number of nitrogens with one attached hydrogen (secondary N) is 1. The van der Waals surface area contributed by atoms with Gasteiger partial charge in [0.1, 0.15) is 0 Å². The first kappa shape index (κ1) is 15.5. The smallest absolute Gasteiger partial charge is 0.0465 e. The summed E-state index contributed by atoms with van der Waals surface area (Å²) >= 11 is 14.1. The van der Waals surface area contributed by atoms with E-state index in [0.29, 0.717) is 9.77 Å². The molecule has 1 nitrogen and oxygen atoms in total. The van der Waals surface area contributed by atoms with Gasteiger partial charge in [0.05, 0.1) is 0 Å². The second kappa shape index (κ2) is 7.21. The van der Waals surface area contributed by atoms with E-state index in [1.165, 1.54) is 32.1 Å². The Morgan fingerprint density at radius 3 is 2.58 bits per heavy atom. The molecule has 1 aliphatic carbocycles. The maximum Gasteiger partial charge on any atom is 0.0465 e. The molecule has 1 aliphatic rings. The molecule has 0 atom stereocenters. The zero-order chi connectivity index (χ0) is 13.7. The molecule has 4 heteroatoms. The number of hydrogen-bond acceptors (Lipinski definition) is 2. The molecule has 1 aromatic carbocycles. The van der Waals surface area contributed by atoms with E-state index >= 15 is 0 Å². The molecule has 0 amide bonds. The summed E-state index contributed by atoms with van der Waals surface area (Å²) in [5.41, 5.74) is 1.12. The molecule has 2 rings (SSSR count). The fourth-order valence-electron chi connectivity index (χ4n) is 2.74. The van der Waals surface area contributed by atoms with Gasteiger partial charge in [0.2, 0.25) is 0 Å². The second-order valence-corrected chi connectivity index (χ2v) is 7.40. The molecule has 0 heterocycles. The summed E-state index contributed by atoms with van der Waals surface area (Å²) in [6, 6.07) is 5.71. The topological polar surface area (TPSA) is 12.0 Å². The van der Waals surface area contributed by atoms with Crippen LogP contribution < -0.4 is 5.32 Å². The molecule has 0 spiro atoms. The number of hydrogen-bond donors (Lipinski definition) is 1. The fourth-order valence-corrected chi connectivity index (χ4v) is 4.16. The van der Waals surface area contributed by atoms with Crippen molar-refractivity contribution in [3.8, 4) is 0 Å². The van der Waals surface area contributed by atoms with E-state index in [1.807, 2.05) is 30.0 Å². The lowest BCUT2D eigenvalue weighted by molar-refractivity contribution is 0.379. The Morgan fingerprint density at radius 1 is 1.21 bits per heavy atom. The Balaban J connectivity index is 1.88. The predicted octanol–water partition coefficient (Wildman–Crippen LogP) is 5.15. The minimum Gasteiger partial charge on any atom is -0.311 e. The summed E-state index contributed by atoms with van der Waals surface area (Å²) in [5.74, 6) is 0. The Hall–Kier alpha value is 0.110. The highest BCUT2D eigenvalue weighted by Gasteiger charge is 2.30. The van der Waals surface area contributed by atoms with E-state index in [4.69, 9.17) is 23.2 Å². The summed E-state index contributed by atoms with van der Waals surface area (Å²) in [7, 11) is 0. The van der Waals surface area contributed by atoms with Crippen LogP contribution in [0.4, 0.5) is 0 Å². The van der Waals surface area contributed by atoms with E-state index in [1.54, 1.807) is 0 Å². The van der Waals surface area contributed by atoms with Crippen LogP contribution in [0.2, 0.25) is 10.0 Å². The van der Waals surface area contributed by atoms with Crippen molar-refractivity contribution >= 4 is 35.0 Å². The van der Waals surface area contributed by atoms with Crippen LogP contribution in [-0.2, 0) is 6.54 Å². The zero-order valence-electron chi connectivity index (χ0n) is 11.3. The van der Waals surface area contributed by atoms with E-state index in [-0.39, 0.29) is 0 Å². The van der Waals surface area contributed by atoms with Crippen molar-refractivity contribution in [1.82, 2.24) is 5.32 Å². The first-order valence-electron chi connectivity index (χ1n) is 6.85. The first-order valence-corrected chi connectivity index (χ1v) is 8.83. The van der Waals surface area contributed by atoms with Crippen molar-refractivity contribution in [2.75, 3.05) is 12.8 Å². The number of benzene rings is 1. The standard InChI is InChI=1S/C15H21Cl2NS/c1-19-15(7-3-2-4-8-15)11-18-10-12-5-6-13(16)9-14(12)17/h5-6,9,18H,2-4,7-8,10-11H2,1H3. The van der Waals surface area contributed by atoms with Crippen LogP contribution in [0.3, 0.4) is 0 Å². The quantitative estimate of drug-likeness (QED) is 0.806. The molecular weight excluding hydrogens is 297 g/mol. The highest BCUT2D eigenvalue weighted by atomic mass is 35.5. The molecule has 0 unspecified atom stereocenters. The van der Waals surface area contributed by atoms with Crippen LogP contribution in [0.1, 0.15) is 37.7 Å². The molecular formula is C15H21Cl2NS. The van der Waals surface area contributed by atoms with Crippen molar-refractivity contribution in [3.05, 3.63) is 33.8 Å². The molecule has 1 saturated carbocycles. The molecule has 0 radical (unpaired) electrons. The molecule has 0 aromatic heterocycles. The third kappa shape index (κ3) is 4.29. The van der Waals surface area contributed by atoms with Gasteiger partial charge >= 0.3 is 0 Å². The van der Waals surface area contributed by atoms with Gasteiger partial charge in [-0.2, -0.15) is 11.8 Å². The molecule has 0 saturated heterocycles. The normalized spacial score (nSPS) is 18.5. The van der Waals surface area contributed by atoms with Crippen LogP contribution in [0.25, 0.3) is 0 Å². The van der Waals surface area contributed by atoms with Crippen LogP contribution >= 0.6 is 35.0 Å². The third-order valence-electron chi connectivity index (χ3n) is 3.98. The summed E-state index contributed by atoms with van der Waals surface area (Å²) < 4.78 is 0.428.